The average Bonchev–Trinajstić information content (AvgIpc) is 2.72. The van der Waals surface area contributed by atoms with Crippen LogP contribution in [0.1, 0.15) is 30.9 Å². The summed E-state index contributed by atoms with van der Waals surface area (Å²) in [5.41, 5.74) is 2.54. The first kappa shape index (κ1) is 20.4. The Bertz CT molecular complexity index is 731. The minimum absolute atomic E-state index is 0.0727. The molecule has 1 amide bonds. The van der Waals surface area contributed by atoms with E-state index in [1.54, 1.807) is 0 Å². The molecular formula is C23H30N2O3. The standard InChI is InChI=1S/C23H30N2O3/c1-18(2)20-8-10-21(11-9-20)27-14-12-24-23(26)22-17-25(13-15-28-22)16-19-6-4-3-5-7-19/h3-11,18,22H,12-17H2,1-2H3,(H,24,26). The Kier molecular flexibility index (Phi) is 7.46. The van der Waals surface area contributed by atoms with Crippen molar-refractivity contribution in [3.8, 4) is 5.75 Å². The minimum atomic E-state index is -0.428. The second-order valence-electron chi connectivity index (χ2n) is 7.44. The van der Waals surface area contributed by atoms with Crippen molar-refractivity contribution in [1.29, 1.82) is 0 Å². The molecule has 1 atom stereocenters. The van der Waals surface area contributed by atoms with E-state index in [4.69, 9.17) is 9.47 Å². The van der Waals surface area contributed by atoms with Crippen LogP contribution in [0.5, 0.6) is 5.75 Å². The van der Waals surface area contributed by atoms with Gasteiger partial charge in [0.25, 0.3) is 5.91 Å². The van der Waals surface area contributed by atoms with Crippen molar-refractivity contribution < 1.29 is 14.3 Å². The highest BCUT2D eigenvalue weighted by Gasteiger charge is 2.26. The number of hydrogen-bond donors (Lipinski definition) is 1. The summed E-state index contributed by atoms with van der Waals surface area (Å²) < 4.78 is 11.4. The van der Waals surface area contributed by atoms with Crippen LogP contribution in [0.4, 0.5) is 0 Å². The summed E-state index contributed by atoms with van der Waals surface area (Å²) in [5.74, 6) is 1.25. The summed E-state index contributed by atoms with van der Waals surface area (Å²) >= 11 is 0. The van der Waals surface area contributed by atoms with E-state index in [2.05, 4.69) is 48.3 Å². The number of rotatable bonds is 8. The van der Waals surface area contributed by atoms with E-state index in [1.165, 1.54) is 11.1 Å². The Morgan fingerprint density at radius 1 is 1.18 bits per heavy atom. The van der Waals surface area contributed by atoms with Gasteiger partial charge in [0.2, 0.25) is 0 Å². The van der Waals surface area contributed by atoms with Crippen molar-refractivity contribution in [1.82, 2.24) is 10.2 Å². The van der Waals surface area contributed by atoms with Gasteiger partial charge in [0.05, 0.1) is 13.2 Å². The summed E-state index contributed by atoms with van der Waals surface area (Å²) in [6, 6.07) is 18.4. The maximum absolute atomic E-state index is 12.4. The number of ether oxygens (including phenoxy) is 2. The molecule has 150 valence electrons. The molecule has 0 saturated carbocycles. The summed E-state index contributed by atoms with van der Waals surface area (Å²) in [6.45, 7) is 8.09. The SMILES string of the molecule is CC(C)c1ccc(OCCNC(=O)C2CN(Cc3ccccc3)CCO2)cc1. The first-order valence-corrected chi connectivity index (χ1v) is 10.00. The molecule has 0 spiro atoms. The van der Waals surface area contributed by atoms with Gasteiger partial charge in [0.1, 0.15) is 18.5 Å². The number of hydrogen-bond acceptors (Lipinski definition) is 4. The molecule has 1 aliphatic rings. The smallest absolute Gasteiger partial charge is 0.250 e. The molecule has 5 heteroatoms. The van der Waals surface area contributed by atoms with E-state index >= 15 is 0 Å². The molecular weight excluding hydrogens is 352 g/mol. The molecule has 1 unspecified atom stereocenters. The monoisotopic (exact) mass is 382 g/mol. The molecule has 2 aromatic rings. The Morgan fingerprint density at radius 2 is 1.93 bits per heavy atom. The second kappa shape index (κ2) is 10.2. The lowest BCUT2D eigenvalue weighted by atomic mass is 10.0. The van der Waals surface area contributed by atoms with Crippen LogP contribution in [-0.2, 0) is 16.1 Å². The maximum atomic E-state index is 12.4. The topological polar surface area (TPSA) is 50.8 Å². The molecule has 1 N–H and O–H groups in total. The quantitative estimate of drug-likeness (QED) is 0.713. The van der Waals surface area contributed by atoms with Gasteiger partial charge < -0.3 is 14.8 Å². The fourth-order valence-electron chi connectivity index (χ4n) is 3.25. The Balaban J connectivity index is 1.38. The van der Waals surface area contributed by atoms with Crippen molar-refractivity contribution in [2.75, 3.05) is 32.8 Å². The highest BCUT2D eigenvalue weighted by molar-refractivity contribution is 5.81. The Morgan fingerprint density at radius 3 is 2.64 bits per heavy atom. The zero-order valence-corrected chi connectivity index (χ0v) is 16.8. The first-order chi connectivity index (χ1) is 13.6. The number of nitrogens with zero attached hydrogens (tertiary/aromatic N) is 1. The van der Waals surface area contributed by atoms with Crippen LogP contribution in [-0.4, -0.2) is 49.8 Å². The van der Waals surface area contributed by atoms with E-state index in [0.29, 0.717) is 32.2 Å². The van der Waals surface area contributed by atoms with Crippen LogP contribution in [0.25, 0.3) is 0 Å². The lowest BCUT2D eigenvalue weighted by Crippen LogP contribution is -2.50. The Hall–Kier alpha value is -2.37. The number of carbonyl (C=O) groups excluding carboxylic acids is 1. The molecule has 1 aliphatic heterocycles. The molecule has 0 radical (unpaired) electrons. The third-order valence-corrected chi connectivity index (χ3v) is 4.91. The first-order valence-electron chi connectivity index (χ1n) is 10.00. The van der Waals surface area contributed by atoms with Crippen molar-refractivity contribution in [3.05, 3.63) is 65.7 Å². The molecule has 1 saturated heterocycles. The van der Waals surface area contributed by atoms with Gasteiger partial charge in [-0.3, -0.25) is 9.69 Å². The lowest BCUT2D eigenvalue weighted by molar-refractivity contribution is -0.138. The van der Waals surface area contributed by atoms with E-state index < -0.39 is 6.10 Å². The predicted molar refractivity (Wildman–Crippen MR) is 110 cm³/mol. The fourth-order valence-corrected chi connectivity index (χ4v) is 3.25. The zero-order valence-electron chi connectivity index (χ0n) is 16.8. The fraction of sp³-hybridized carbons (Fsp3) is 0.435. The lowest BCUT2D eigenvalue weighted by Gasteiger charge is -2.32. The minimum Gasteiger partial charge on any atom is -0.492 e. The number of morpholine rings is 1. The van der Waals surface area contributed by atoms with E-state index in [0.717, 1.165) is 18.8 Å². The van der Waals surface area contributed by atoms with Gasteiger partial charge in [-0.1, -0.05) is 56.3 Å². The molecule has 1 fully saturated rings. The van der Waals surface area contributed by atoms with Gasteiger partial charge in [-0.2, -0.15) is 0 Å². The van der Waals surface area contributed by atoms with Crippen LogP contribution >= 0.6 is 0 Å². The highest BCUT2D eigenvalue weighted by Crippen LogP contribution is 2.18. The largest absolute Gasteiger partial charge is 0.492 e. The van der Waals surface area contributed by atoms with Gasteiger partial charge in [0, 0.05) is 19.6 Å². The van der Waals surface area contributed by atoms with Crippen molar-refractivity contribution in [3.63, 3.8) is 0 Å². The molecule has 5 nitrogen and oxygen atoms in total. The summed E-state index contributed by atoms with van der Waals surface area (Å²) in [4.78, 5) is 14.7. The second-order valence-corrected chi connectivity index (χ2v) is 7.44. The number of benzene rings is 2. The van der Waals surface area contributed by atoms with Crippen molar-refractivity contribution in [2.24, 2.45) is 0 Å². The average molecular weight is 383 g/mol. The third kappa shape index (κ3) is 6.08. The van der Waals surface area contributed by atoms with Gasteiger partial charge in [0.15, 0.2) is 0 Å². The molecule has 1 heterocycles. The van der Waals surface area contributed by atoms with Crippen LogP contribution in [0, 0.1) is 0 Å². The molecule has 2 aromatic carbocycles. The van der Waals surface area contributed by atoms with Crippen molar-refractivity contribution >= 4 is 5.91 Å². The molecule has 0 aliphatic carbocycles. The van der Waals surface area contributed by atoms with E-state index in [9.17, 15) is 4.79 Å². The molecule has 28 heavy (non-hydrogen) atoms. The molecule has 0 bridgehead atoms. The van der Waals surface area contributed by atoms with E-state index in [1.807, 2.05) is 30.3 Å². The van der Waals surface area contributed by atoms with Crippen LogP contribution < -0.4 is 10.1 Å². The summed E-state index contributed by atoms with van der Waals surface area (Å²) in [5, 5.41) is 2.92. The zero-order chi connectivity index (χ0) is 19.8. The van der Waals surface area contributed by atoms with Crippen molar-refractivity contribution in [2.45, 2.75) is 32.4 Å². The van der Waals surface area contributed by atoms with E-state index in [-0.39, 0.29) is 5.91 Å². The highest BCUT2D eigenvalue weighted by atomic mass is 16.5. The Labute approximate surface area is 167 Å². The van der Waals surface area contributed by atoms with Crippen LogP contribution in [0.2, 0.25) is 0 Å². The van der Waals surface area contributed by atoms with Gasteiger partial charge in [-0.25, -0.2) is 0 Å². The summed E-state index contributed by atoms with van der Waals surface area (Å²) in [6.07, 6.45) is -0.428. The van der Waals surface area contributed by atoms with Gasteiger partial charge in [-0.05, 0) is 29.2 Å². The van der Waals surface area contributed by atoms with Crippen LogP contribution in [0.3, 0.4) is 0 Å². The van der Waals surface area contributed by atoms with Gasteiger partial charge in [-0.15, -0.1) is 0 Å². The normalized spacial score (nSPS) is 17.5. The molecule has 0 aromatic heterocycles. The molecule has 3 rings (SSSR count). The summed E-state index contributed by atoms with van der Waals surface area (Å²) in [7, 11) is 0. The predicted octanol–water partition coefficient (Wildman–Crippen LogP) is 3.21. The maximum Gasteiger partial charge on any atom is 0.250 e. The van der Waals surface area contributed by atoms with Crippen LogP contribution in [0.15, 0.2) is 54.6 Å². The number of nitrogens with one attached hydrogen (secondary N) is 1. The number of amides is 1. The van der Waals surface area contributed by atoms with Gasteiger partial charge >= 0.3 is 0 Å². The number of carbonyl (C=O) groups is 1. The third-order valence-electron chi connectivity index (χ3n) is 4.91.